The summed E-state index contributed by atoms with van der Waals surface area (Å²) in [5.74, 6) is 0.828. The lowest BCUT2D eigenvalue weighted by Gasteiger charge is -2.32. The molecule has 2 aliphatic heterocycles. The summed E-state index contributed by atoms with van der Waals surface area (Å²) in [7, 11) is 0. The van der Waals surface area contributed by atoms with E-state index < -0.39 is 0 Å². The van der Waals surface area contributed by atoms with Crippen molar-refractivity contribution in [3.8, 4) is 0 Å². The standard InChI is InChI=1S/C26H35N3O/c1-20-13-17-29(18-14-20)25-11-9-23(10-12-25)21(2)27-26(30)24-7-5-22(6-8-24)19-28-15-3-4-16-28/h5-12,20-21H,3-4,13-19H2,1-2H3,(H,27,30)/t21-/m0/s1. The van der Waals surface area contributed by atoms with E-state index >= 15 is 0 Å². The topological polar surface area (TPSA) is 35.6 Å². The van der Waals surface area contributed by atoms with Crippen molar-refractivity contribution < 1.29 is 4.79 Å². The van der Waals surface area contributed by atoms with Crippen molar-refractivity contribution in [2.24, 2.45) is 5.92 Å². The quantitative estimate of drug-likeness (QED) is 0.734. The van der Waals surface area contributed by atoms with E-state index in [0.717, 1.165) is 36.7 Å². The molecule has 4 heteroatoms. The first-order valence-electron chi connectivity index (χ1n) is 11.6. The molecule has 0 aliphatic carbocycles. The van der Waals surface area contributed by atoms with Gasteiger partial charge in [-0.15, -0.1) is 0 Å². The van der Waals surface area contributed by atoms with Crippen LogP contribution in [0.15, 0.2) is 48.5 Å². The van der Waals surface area contributed by atoms with E-state index in [1.54, 1.807) is 0 Å². The molecule has 30 heavy (non-hydrogen) atoms. The van der Waals surface area contributed by atoms with E-state index in [9.17, 15) is 4.79 Å². The molecule has 0 aromatic heterocycles. The molecule has 0 bridgehead atoms. The third-order valence-electron chi connectivity index (χ3n) is 6.71. The Morgan fingerprint density at radius 3 is 2.23 bits per heavy atom. The number of likely N-dealkylation sites (tertiary alicyclic amines) is 1. The first-order valence-corrected chi connectivity index (χ1v) is 11.6. The van der Waals surface area contributed by atoms with Crippen molar-refractivity contribution in [3.05, 3.63) is 65.2 Å². The lowest BCUT2D eigenvalue weighted by molar-refractivity contribution is 0.0940. The number of benzene rings is 2. The van der Waals surface area contributed by atoms with Crippen LogP contribution >= 0.6 is 0 Å². The predicted octanol–water partition coefficient (Wildman–Crippen LogP) is 5.01. The fraction of sp³-hybridized carbons (Fsp3) is 0.500. The van der Waals surface area contributed by atoms with Crippen molar-refractivity contribution in [1.29, 1.82) is 0 Å². The molecule has 0 spiro atoms. The number of hydrogen-bond acceptors (Lipinski definition) is 3. The smallest absolute Gasteiger partial charge is 0.251 e. The number of nitrogens with one attached hydrogen (secondary N) is 1. The Morgan fingerprint density at radius 2 is 1.60 bits per heavy atom. The predicted molar refractivity (Wildman–Crippen MR) is 124 cm³/mol. The minimum atomic E-state index is -0.0165. The Balaban J connectivity index is 1.31. The van der Waals surface area contributed by atoms with Gasteiger partial charge in [-0.2, -0.15) is 0 Å². The summed E-state index contributed by atoms with van der Waals surface area (Å²) in [6, 6.07) is 16.8. The molecule has 1 amide bonds. The van der Waals surface area contributed by atoms with Gasteiger partial charge in [0.05, 0.1) is 6.04 Å². The highest BCUT2D eigenvalue weighted by molar-refractivity contribution is 5.94. The molecule has 2 aromatic carbocycles. The molecule has 1 N–H and O–H groups in total. The zero-order valence-electron chi connectivity index (χ0n) is 18.4. The minimum absolute atomic E-state index is 0.00989. The average Bonchev–Trinajstić information content (AvgIpc) is 3.28. The van der Waals surface area contributed by atoms with Crippen LogP contribution in [0, 0.1) is 5.92 Å². The molecular formula is C26H35N3O. The second kappa shape index (κ2) is 9.65. The number of carbonyl (C=O) groups excluding carboxylic acids is 1. The number of hydrogen-bond donors (Lipinski definition) is 1. The van der Waals surface area contributed by atoms with E-state index in [4.69, 9.17) is 0 Å². The number of anilines is 1. The van der Waals surface area contributed by atoms with Crippen molar-refractivity contribution in [3.63, 3.8) is 0 Å². The van der Waals surface area contributed by atoms with Crippen molar-refractivity contribution in [2.45, 2.75) is 52.1 Å². The summed E-state index contributed by atoms with van der Waals surface area (Å²) in [6.07, 6.45) is 5.14. The van der Waals surface area contributed by atoms with Crippen LogP contribution in [-0.2, 0) is 6.54 Å². The van der Waals surface area contributed by atoms with E-state index in [0.29, 0.717) is 0 Å². The highest BCUT2D eigenvalue weighted by atomic mass is 16.1. The van der Waals surface area contributed by atoms with Gasteiger partial charge in [-0.3, -0.25) is 9.69 Å². The molecule has 0 unspecified atom stereocenters. The molecule has 2 aliphatic rings. The van der Waals surface area contributed by atoms with Gasteiger partial charge < -0.3 is 10.2 Å². The Labute approximate surface area is 181 Å². The first kappa shape index (κ1) is 20.9. The van der Waals surface area contributed by atoms with Crippen LogP contribution in [0.4, 0.5) is 5.69 Å². The third kappa shape index (κ3) is 5.23. The zero-order valence-corrected chi connectivity index (χ0v) is 18.4. The van der Waals surface area contributed by atoms with E-state index in [1.165, 1.54) is 50.0 Å². The summed E-state index contributed by atoms with van der Waals surface area (Å²) in [5, 5.41) is 3.15. The van der Waals surface area contributed by atoms with Gasteiger partial charge in [-0.25, -0.2) is 0 Å². The van der Waals surface area contributed by atoms with Crippen LogP contribution in [0.3, 0.4) is 0 Å². The summed E-state index contributed by atoms with van der Waals surface area (Å²) < 4.78 is 0. The first-order chi connectivity index (χ1) is 14.6. The molecule has 1 atom stereocenters. The van der Waals surface area contributed by atoms with Crippen LogP contribution in [0.25, 0.3) is 0 Å². The Morgan fingerprint density at radius 1 is 0.967 bits per heavy atom. The second-order valence-corrected chi connectivity index (χ2v) is 9.14. The summed E-state index contributed by atoms with van der Waals surface area (Å²) in [6.45, 7) is 10.0. The van der Waals surface area contributed by atoms with E-state index in [2.05, 4.69) is 65.4 Å². The minimum Gasteiger partial charge on any atom is -0.372 e. The normalized spacial score (nSPS) is 19.1. The molecule has 4 nitrogen and oxygen atoms in total. The molecule has 0 radical (unpaired) electrons. The van der Waals surface area contributed by atoms with Gasteiger partial charge in [0.25, 0.3) is 5.91 Å². The maximum atomic E-state index is 12.7. The van der Waals surface area contributed by atoms with Crippen LogP contribution in [-0.4, -0.2) is 37.0 Å². The summed E-state index contributed by atoms with van der Waals surface area (Å²) in [5.41, 5.74) is 4.44. The highest BCUT2D eigenvalue weighted by Crippen LogP contribution is 2.24. The maximum absolute atomic E-state index is 12.7. The molecule has 2 saturated heterocycles. The van der Waals surface area contributed by atoms with Gasteiger partial charge in [0.2, 0.25) is 0 Å². The number of amides is 1. The van der Waals surface area contributed by atoms with Gasteiger partial charge in [-0.05, 0) is 87.0 Å². The molecule has 4 rings (SSSR count). The molecule has 2 aromatic rings. The Hall–Kier alpha value is -2.33. The van der Waals surface area contributed by atoms with Gasteiger partial charge in [-0.1, -0.05) is 31.2 Å². The number of rotatable bonds is 6. The van der Waals surface area contributed by atoms with Crippen molar-refractivity contribution in [1.82, 2.24) is 10.2 Å². The largest absolute Gasteiger partial charge is 0.372 e. The summed E-state index contributed by atoms with van der Waals surface area (Å²) >= 11 is 0. The van der Waals surface area contributed by atoms with Gasteiger partial charge in [0.1, 0.15) is 0 Å². The fourth-order valence-corrected chi connectivity index (χ4v) is 4.56. The monoisotopic (exact) mass is 405 g/mol. The molecule has 160 valence electrons. The number of carbonyl (C=O) groups is 1. The van der Waals surface area contributed by atoms with Crippen LogP contribution in [0.1, 0.15) is 67.1 Å². The van der Waals surface area contributed by atoms with E-state index in [-0.39, 0.29) is 11.9 Å². The lowest BCUT2D eigenvalue weighted by atomic mass is 9.98. The zero-order chi connectivity index (χ0) is 20.9. The fourth-order valence-electron chi connectivity index (χ4n) is 4.56. The Bertz CT molecular complexity index is 816. The van der Waals surface area contributed by atoms with Gasteiger partial charge >= 0.3 is 0 Å². The van der Waals surface area contributed by atoms with Crippen LogP contribution in [0.2, 0.25) is 0 Å². The molecule has 2 heterocycles. The maximum Gasteiger partial charge on any atom is 0.251 e. The second-order valence-electron chi connectivity index (χ2n) is 9.14. The highest BCUT2D eigenvalue weighted by Gasteiger charge is 2.17. The average molecular weight is 406 g/mol. The molecule has 2 fully saturated rings. The third-order valence-corrected chi connectivity index (χ3v) is 6.71. The Kier molecular flexibility index (Phi) is 6.73. The van der Waals surface area contributed by atoms with Crippen LogP contribution in [0.5, 0.6) is 0 Å². The van der Waals surface area contributed by atoms with Gasteiger partial charge in [0.15, 0.2) is 0 Å². The van der Waals surface area contributed by atoms with Gasteiger partial charge in [0, 0.05) is 30.9 Å². The molecular weight excluding hydrogens is 370 g/mol. The molecule has 0 saturated carbocycles. The van der Waals surface area contributed by atoms with Crippen molar-refractivity contribution in [2.75, 3.05) is 31.1 Å². The lowest BCUT2D eigenvalue weighted by Crippen LogP contribution is -2.32. The number of nitrogens with zero attached hydrogens (tertiary/aromatic N) is 2. The SMILES string of the molecule is CC1CCN(c2ccc([C@H](C)NC(=O)c3ccc(CN4CCCC4)cc3)cc2)CC1. The number of piperidine rings is 1. The van der Waals surface area contributed by atoms with Crippen molar-refractivity contribution >= 4 is 11.6 Å². The van der Waals surface area contributed by atoms with E-state index in [1.807, 2.05) is 12.1 Å². The van der Waals surface area contributed by atoms with Crippen LogP contribution < -0.4 is 10.2 Å². The summed E-state index contributed by atoms with van der Waals surface area (Å²) in [4.78, 5) is 17.6.